The van der Waals surface area contributed by atoms with E-state index in [2.05, 4.69) is 12.2 Å². The van der Waals surface area contributed by atoms with Crippen molar-refractivity contribution in [2.24, 2.45) is 5.92 Å². The maximum atomic E-state index is 11.9. The molecular weight excluding hydrogens is 322 g/mol. The molecule has 0 amide bonds. The number of hydrogen-bond donors (Lipinski definition) is 1. The lowest BCUT2D eigenvalue weighted by Crippen LogP contribution is -2.51. The Morgan fingerprint density at radius 1 is 1.17 bits per heavy atom. The third-order valence-electron chi connectivity index (χ3n) is 6.38. The van der Waals surface area contributed by atoms with Gasteiger partial charge in [-0.15, -0.1) is 0 Å². The van der Waals surface area contributed by atoms with Gasteiger partial charge in [-0.25, -0.2) is 8.42 Å². The summed E-state index contributed by atoms with van der Waals surface area (Å²) >= 11 is 0. The molecule has 0 aromatic heterocycles. The molecule has 1 spiro atoms. The second-order valence-electron chi connectivity index (χ2n) is 8.38. The molecule has 140 valence electrons. The van der Waals surface area contributed by atoms with E-state index < -0.39 is 9.84 Å². The van der Waals surface area contributed by atoms with Gasteiger partial charge in [-0.1, -0.05) is 39.0 Å². The van der Waals surface area contributed by atoms with Crippen molar-refractivity contribution < 1.29 is 13.2 Å². The second kappa shape index (κ2) is 8.05. The number of ether oxygens (including phenoxy) is 1. The molecule has 3 fully saturated rings. The molecule has 1 aliphatic carbocycles. The summed E-state index contributed by atoms with van der Waals surface area (Å²) < 4.78 is 29.7. The predicted molar refractivity (Wildman–Crippen MR) is 98.0 cm³/mol. The van der Waals surface area contributed by atoms with Crippen LogP contribution in [-0.4, -0.2) is 44.2 Å². The molecule has 2 saturated heterocycles. The summed E-state index contributed by atoms with van der Waals surface area (Å²) in [6.45, 7) is 2.98. The molecule has 4 nitrogen and oxygen atoms in total. The minimum absolute atomic E-state index is 0.239. The standard InChI is InChI=1S/C19H35NO3S/c1-2-3-4-5-7-16-8-6-9-18(16)20-17-10-12-23-19(14-17)11-13-24(21,22)15-19/h16-18,20H,2-15H2,1H3/t16-,17-,18+,19+/m1/s1. The Bertz CT molecular complexity index is 507. The summed E-state index contributed by atoms with van der Waals surface area (Å²) in [6.07, 6.45) is 13.4. The van der Waals surface area contributed by atoms with Gasteiger partial charge in [0.1, 0.15) is 0 Å². The van der Waals surface area contributed by atoms with E-state index in [1.54, 1.807) is 0 Å². The third-order valence-corrected chi connectivity index (χ3v) is 8.17. The molecule has 0 radical (unpaired) electrons. The Hall–Kier alpha value is -0.130. The lowest BCUT2D eigenvalue weighted by molar-refractivity contribution is -0.0721. The first-order valence-electron chi connectivity index (χ1n) is 10.1. The van der Waals surface area contributed by atoms with Gasteiger partial charge >= 0.3 is 0 Å². The molecule has 1 N–H and O–H groups in total. The Morgan fingerprint density at radius 2 is 2.04 bits per heavy atom. The average molecular weight is 358 g/mol. The fraction of sp³-hybridized carbons (Fsp3) is 1.00. The van der Waals surface area contributed by atoms with Gasteiger partial charge in [-0.3, -0.25) is 0 Å². The summed E-state index contributed by atoms with van der Waals surface area (Å²) in [5.41, 5.74) is -0.385. The van der Waals surface area contributed by atoms with Gasteiger partial charge in [0.15, 0.2) is 9.84 Å². The number of rotatable bonds is 7. The van der Waals surface area contributed by atoms with Gasteiger partial charge in [-0.2, -0.15) is 0 Å². The highest BCUT2D eigenvalue weighted by Crippen LogP contribution is 2.37. The Kier molecular flexibility index (Phi) is 6.25. The minimum atomic E-state index is -2.89. The zero-order valence-electron chi connectivity index (χ0n) is 15.3. The summed E-state index contributed by atoms with van der Waals surface area (Å²) in [7, 11) is -2.89. The maximum absolute atomic E-state index is 11.9. The molecule has 0 aromatic rings. The first kappa shape index (κ1) is 18.7. The molecule has 3 aliphatic rings. The molecule has 4 atom stereocenters. The van der Waals surface area contributed by atoms with Crippen molar-refractivity contribution in [3.63, 3.8) is 0 Å². The topological polar surface area (TPSA) is 55.4 Å². The van der Waals surface area contributed by atoms with E-state index in [-0.39, 0.29) is 11.4 Å². The summed E-state index contributed by atoms with van der Waals surface area (Å²) in [4.78, 5) is 0. The van der Waals surface area contributed by atoms with Gasteiger partial charge in [-0.05, 0) is 44.4 Å². The van der Waals surface area contributed by atoms with Crippen molar-refractivity contribution in [1.82, 2.24) is 5.32 Å². The number of unbranched alkanes of at least 4 members (excludes halogenated alkanes) is 3. The third kappa shape index (κ3) is 4.73. The van der Waals surface area contributed by atoms with Gasteiger partial charge in [0.25, 0.3) is 0 Å². The molecule has 2 heterocycles. The zero-order valence-corrected chi connectivity index (χ0v) is 16.1. The molecular formula is C19H35NO3S. The maximum Gasteiger partial charge on any atom is 0.153 e. The SMILES string of the molecule is CCCCCC[C@@H]1CCC[C@@H]1N[C@@H]1CCO[C@@]2(CCS(=O)(=O)C2)C1. The zero-order chi connectivity index (χ0) is 17.0. The smallest absolute Gasteiger partial charge is 0.153 e. The number of hydrogen-bond acceptors (Lipinski definition) is 4. The van der Waals surface area contributed by atoms with Crippen molar-refractivity contribution in [3.05, 3.63) is 0 Å². The van der Waals surface area contributed by atoms with Crippen LogP contribution >= 0.6 is 0 Å². The van der Waals surface area contributed by atoms with Crippen LogP contribution in [0.1, 0.15) is 77.6 Å². The van der Waals surface area contributed by atoms with Crippen LogP contribution in [-0.2, 0) is 14.6 Å². The van der Waals surface area contributed by atoms with Crippen LogP contribution in [0.15, 0.2) is 0 Å². The van der Waals surface area contributed by atoms with E-state index in [4.69, 9.17) is 4.74 Å². The van der Waals surface area contributed by atoms with Crippen LogP contribution in [0.4, 0.5) is 0 Å². The molecule has 0 aromatic carbocycles. The summed E-state index contributed by atoms with van der Waals surface area (Å²) in [6, 6.07) is 1.08. The largest absolute Gasteiger partial charge is 0.374 e. The van der Waals surface area contributed by atoms with Crippen LogP contribution < -0.4 is 5.32 Å². The van der Waals surface area contributed by atoms with E-state index >= 15 is 0 Å². The molecule has 5 heteroatoms. The van der Waals surface area contributed by atoms with Crippen LogP contribution in [0, 0.1) is 5.92 Å². The quantitative estimate of drug-likeness (QED) is 0.709. The second-order valence-corrected chi connectivity index (χ2v) is 10.6. The normalized spacial score (nSPS) is 38.8. The molecule has 3 rings (SSSR count). The van der Waals surface area contributed by atoms with Crippen molar-refractivity contribution in [3.8, 4) is 0 Å². The number of nitrogens with one attached hydrogen (secondary N) is 1. The van der Waals surface area contributed by atoms with Gasteiger partial charge in [0, 0.05) is 18.7 Å². The molecule has 0 bridgehead atoms. The van der Waals surface area contributed by atoms with Crippen molar-refractivity contribution in [2.45, 2.75) is 95.2 Å². The monoisotopic (exact) mass is 357 g/mol. The molecule has 1 saturated carbocycles. The first-order chi connectivity index (χ1) is 11.5. The van der Waals surface area contributed by atoms with Crippen molar-refractivity contribution >= 4 is 9.84 Å². The van der Waals surface area contributed by atoms with Crippen molar-refractivity contribution in [2.75, 3.05) is 18.1 Å². The van der Waals surface area contributed by atoms with Gasteiger partial charge < -0.3 is 10.1 Å². The van der Waals surface area contributed by atoms with Gasteiger partial charge in [0.2, 0.25) is 0 Å². The summed E-state index contributed by atoms with van der Waals surface area (Å²) in [5, 5.41) is 3.91. The van der Waals surface area contributed by atoms with Crippen LogP contribution in [0.5, 0.6) is 0 Å². The first-order valence-corrected chi connectivity index (χ1v) is 11.9. The van der Waals surface area contributed by atoms with Gasteiger partial charge in [0.05, 0.1) is 17.1 Å². The fourth-order valence-electron chi connectivity index (χ4n) is 5.07. The average Bonchev–Trinajstić information content (AvgIpc) is 3.08. The summed E-state index contributed by atoms with van der Waals surface area (Å²) in [5.74, 6) is 1.37. The number of sulfone groups is 1. The van der Waals surface area contributed by atoms with E-state index in [1.807, 2.05) is 0 Å². The highest BCUT2D eigenvalue weighted by Gasteiger charge is 2.47. The van der Waals surface area contributed by atoms with E-state index in [0.29, 0.717) is 30.9 Å². The van der Waals surface area contributed by atoms with Crippen LogP contribution in [0.25, 0.3) is 0 Å². The Labute approximate surface area is 148 Å². The fourth-order valence-corrected chi connectivity index (χ4v) is 7.04. The van der Waals surface area contributed by atoms with E-state index in [1.165, 1.54) is 51.4 Å². The van der Waals surface area contributed by atoms with Crippen molar-refractivity contribution in [1.29, 1.82) is 0 Å². The molecule has 24 heavy (non-hydrogen) atoms. The highest BCUT2D eigenvalue weighted by atomic mass is 32.2. The molecule has 0 unspecified atom stereocenters. The Morgan fingerprint density at radius 3 is 2.79 bits per heavy atom. The highest BCUT2D eigenvalue weighted by molar-refractivity contribution is 7.91. The molecule has 2 aliphatic heterocycles. The lowest BCUT2D eigenvalue weighted by Gasteiger charge is -2.39. The van der Waals surface area contributed by atoms with Crippen LogP contribution in [0.2, 0.25) is 0 Å². The Balaban J connectivity index is 1.49. The minimum Gasteiger partial charge on any atom is -0.374 e. The van der Waals surface area contributed by atoms with E-state index in [0.717, 1.165) is 18.8 Å². The lowest BCUT2D eigenvalue weighted by atomic mass is 9.88. The predicted octanol–water partition coefficient (Wildman–Crippen LogP) is 3.45. The van der Waals surface area contributed by atoms with E-state index in [9.17, 15) is 8.42 Å². The van der Waals surface area contributed by atoms with Crippen LogP contribution in [0.3, 0.4) is 0 Å².